The van der Waals surface area contributed by atoms with Crippen molar-refractivity contribution in [2.45, 2.75) is 20.0 Å². The number of rotatable bonds is 2. The van der Waals surface area contributed by atoms with Crippen LogP contribution in [-0.2, 0) is 0 Å². The van der Waals surface area contributed by atoms with Gasteiger partial charge < -0.3 is 5.11 Å². The molecule has 2 aromatic carbocycles. The molecule has 1 atom stereocenters. The minimum absolute atomic E-state index is 0.330. The molecule has 0 spiro atoms. The van der Waals surface area contributed by atoms with E-state index in [1.54, 1.807) is 6.07 Å². The van der Waals surface area contributed by atoms with E-state index < -0.39 is 6.10 Å². The average Bonchev–Trinajstić information content (AvgIpc) is 2.35. The Bertz CT molecular complexity index is 581. The zero-order valence-corrected chi connectivity index (χ0v) is 11.8. The van der Waals surface area contributed by atoms with Gasteiger partial charge in [0.25, 0.3) is 0 Å². The van der Waals surface area contributed by atoms with Crippen LogP contribution in [0.3, 0.4) is 0 Å². The van der Waals surface area contributed by atoms with Gasteiger partial charge in [0.15, 0.2) is 0 Å². The third-order valence-electron chi connectivity index (χ3n) is 3.03. The van der Waals surface area contributed by atoms with Gasteiger partial charge in [-0.1, -0.05) is 34.1 Å². The molecule has 1 unspecified atom stereocenters. The fourth-order valence-corrected chi connectivity index (χ4v) is 2.17. The Labute approximate surface area is 114 Å². The van der Waals surface area contributed by atoms with E-state index in [4.69, 9.17) is 0 Å². The molecule has 0 fully saturated rings. The van der Waals surface area contributed by atoms with Crippen molar-refractivity contribution in [1.82, 2.24) is 0 Å². The summed E-state index contributed by atoms with van der Waals surface area (Å²) < 4.78 is 14.2. The van der Waals surface area contributed by atoms with Crippen molar-refractivity contribution >= 4 is 15.9 Å². The molecule has 0 aliphatic rings. The van der Waals surface area contributed by atoms with Crippen LogP contribution in [0.1, 0.15) is 28.4 Å². The first-order valence-electron chi connectivity index (χ1n) is 5.69. The van der Waals surface area contributed by atoms with Gasteiger partial charge in [0, 0.05) is 4.47 Å². The first-order valence-corrected chi connectivity index (χ1v) is 6.48. The molecule has 0 aliphatic carbocycles. The van der Waals surface area contributed by atoms with E-state index in [1.807, 2.05) is 32.0 Å². The quantitative estimate of drug-likeness (QED) is 0.877. The van der Waals surface area contributed by atoms with Gasteiger partial charge in [0.2, 0.25) is 0 Å². The normalized spacial score (nSPS) is 12.5. The van der Waals surface area contributed by atoms with Gasteiger partial charge >= 0.3 is 0 Å². The van der Waals surface area contributed by atoms with E-state index in [0.717, 1.165) is 21.2 Å². The van der Waals surface area contributed by atoms with Gasteiger partial charge in [-0.2, -0.15) is 0 Å². The fraction of sp³-hybridized carbons (Fsp3) is 0.200. The number of aliphatic hydroxyl groups excluding tert-OH is 1. The van der Waals surface area contributed by atoms with Crippen LogP contribution in [0.5, 0.6) is 0 Å². The second-order valence-corrected chi connectivity index (χ2v) is 5.27. The molecule has 0 aliphatic heterocycles. The predicted molar refractivity (Wildman–Crippen MR) is 74.1 cm³/mol. The van der Waals surface area contributed by atoms with Crippen molar-refractivity contribution in [3.63, 3.8) is 0 Å². The maximum absolute atomic E-state index is 13.2. The highest BCUT2D eigenvalue weighted by atomic mass is 79.9. The van der Waals surface area contributed by atoms with Crippen molar-refractivity contribution in [3.8, 4) is 0 Å². The summed E-state index contributed by atoms with van der Waals surface area (Å²) in [6.07, 6.45) is -0.799. The first-order chi connectivity index (χ1) is 8.49. The Kier molecular flexibility index (Phi) is 3.83. The van der Waals surface area contributed by atoms with Crippen molar-refractivity contribution < 1.29 is 9.50 Å². The predicted octanol–water partition coefficient (Wildman–Crippen LogP) is 4.29. The lowest BCUT2D eigenvalue weighted by molar-refractivity contribution is 0.219. The Balaban J connectivity index is 2.44. The third-order valence-corrected chi connectivity index (χ3v) is 3.92. The first kappa shape index (κ1) is 13.2. The summed E-state index contributed by atoms with van der Waals surface area (Å²) in [6.45, 7) is 3.82. The Hall–Kier alpha value is -1.19. The second kappa shape index (κ2) is 5.21. The summed E-state index contributed by atoms with van der Waals surface area (Å²) in [6, 6.07) is 10.1. The maximum atomic E-state index is 13.2. The molecule has 2 aromatic rings. The van der Waals surface area contributed by atoms with Crippen molar-refractivity contribution in [3.05, 3.63) is 68.9 Å². The van der Waals surface area contributed by atoms with Crippen LogP contribution in [0.15, 0.2) is 40.9 Å². The van der Waals surface area contributed by atoms with Crippen LogP contribution >= 0.6 is 15.9 Å². The highest BCUT2D eigenvalue weighted by Crippen LogP contribution is 2.28. The number of hydrogen-bond acceptors (Lipinski definition) is 1. The minimum atomic E-state index is -0.799. The Morgan fingerprint density at radius 3 is 2.44 bits per heavy atom. The molecule has 1 nitrogen and oxygen atoms in total. The number of halogens is 2. The molecule has 2 rings (SSSR count). The highest BCUT2D eigenvalue weighted by molar-refractivity contribution is 9.10. The molecule has 94 valence electrons. The van der Waals surface area contributed by atoms with Crippen LogP contribution in [0.4, 0.5) is 4.39 Å². The SMILES string of the molecule is Cc1cc(C(O)c2cc(F)ccc2C)ccc1Br. The third kappa shape index (κ3) is 2.62. The fourth-order valence-electron chi connectivity index (χ4n) is 1.92. The zero-order chi connectivity index (χ0) is 13.3. The molecule has 0 radical (unpaired) electrons. The number of aliphatic hydroxyl groups is 1. The lowest BCUT2D eigenvalue weighted by Crippen LogP contribution is -2.03. The lowest BCUT2D eigenvalue weighted by Gasteiger charge is -2.15. The van der Waals surface area contributed by atoms with Gasteiger partial charge in [-0.15, -0.1) is 0 Å². The molecular weight excluding hydrogens is 295 g/mol. The molecule has 0 amide bonds. The van der Waals surface area contributed by atoms with Crippen LogP contribution in [0.2, 0.25) is 0 Å². The van der Waals surface area contributed by atoms with Crippen LogP contribution in [-0.4, -0.2) is 5.11 Å². The molecule has 0 aromatic heterocycles. The largest absolute Gasteiger partial charge is 0.384 e. The summed E-state index contributed by atoms with van der Waals surface area (Å²) in [4.78, 5) is 0. The van der Waals surface area contributed by atoms with Gasteiger partial charge in [0.1, 0.15) is 11.9 Å². The molecule has 0 saturated heterocycles. The highest BCUT2D eigenvalue weighted by Gasteiger charge is 2.14. The number of hydrogen-bond donors (Lipinski definition) is 1. The molecule has 0 saturated carbocycles. The van der Waals surface area contributed by atoms with Gasteiger partial charge in [0.05, 0.1) is 0 Å². The van der Waals surface area contributed by atoms with Crippen molar-refractivity contribution in [2.75, 3.05) is 0 Å². The second-order valence-electron chi connectivity index (χ2n) is 4.41. The molecule has 3 heteroatoms. The zero-order valence-electron chi connectivity index (χ0n) is 10.2. The smallest absolute Gasteiger partial charge is 0.123 e. The van der Waals surface area contributed by atoms with E-state index in [0.29, 0.717) is 5.56 Å². The average molecular weight is 309 g/mol. The van der Waals surface area contributed by atoms with Gasteiger partial charge in [-0.3, -0.25) is 0 Å². The topological polar surface area (TPSA) is 20.2 Å². The minimum Gasteiger partial charge on any atom is -0.384 e. The van der Waals surface area contributed by atoms with Crippen LogP contribution in [0.25, 0.3) is 0 Å². The van der Waals surface area contributed by atoms with Crippen LogP contribution in [0, 0.1) is 19.7 Å². The molecular formula is C15H14BrFO. The number of benzene rings is 2. The molecule has 1 N–H and O–H groups in total. The van der Waals surface area contributed by atoms with Crippen molar-refractivity contribution in [2.24, 2.45) is 0 Å². The molecule has 0 heterocycles. The van der Waals surface area contributed by atoms with E-state index in [-0.39, 0.29) is 5.82 Å². The standard InChI is InChI=1S/C15H14BrFO/c1-9-3-5-12(17)8-13(9)15(18)11-4-6-14(16)10(2)7-11/h3-8,15,18H,1-2H3. The number of aryl methyl sites for hydroxylation is 2. The summed E-state index contributed by atoms with van der Waals surface area (Å²) >= 11 is 3.42. The van der Waals surface area contributed by atoms with Crippen LogP contribution < -0.4 is 0 Å². The monoisotopic (exact) mass is 308 g/mol. The maximum Gasteiger partial charge on any atom is 0.123 e. The Morgan fingerprint density at radius 2 is 1.78 bits per heavy atom. The van der Waals surface area contributed by atoms with E-state index in [2.05, 4.69) is 15.9 Å². The summed E-state index contributed by atoms with van der Waals surface area (Å²) in [5, 5.41) is 10.3. The summed E-state index contributed by atoms with van der Waals surface area (Å²) in [5.74, 6) is -0.330. The summed E-state index contributed by atoms with van der Waals surface area (Å²) in [7, 11) is 0. The van der Waals surface area contributed by atoms with E-state index in [9.17, 15) is 9.50 Å². The van der Waals surface area contributed by atoms with Gasteiger partial charge in [-0.25, -0.2) is 4.39 Å². The molecule has 18 heavy (non-hydrogen) atoms. The van der Waals surface area contributed by atoms with E-state index >= 15 is 0 Å². The van der Waals surface area contributed by atoms with E-state index in [1.165, 1.54) is 12.1 Å². The Morgan fingerprint density at radius 1 is 1.06 bits per heavy atom. The lowest BCUT2D eigenvalue weighted by atomic mass is 9.96. The van der Waals surface area contributed by atoms with Crippen molar-refractivity contribution in [1.29, 1.82) is 0 Å². The molecule has 0 bridgehead atoms. The summed E-state index contributed by atoms with van der Waals surface area (Å²) in [5.41, 5.74) is 3.30. The van der Waals surface area contributed by atoms with Gasteiger partial charge in [-0.05, 0) is 54.3 Å².